The van der Waals surface area contributed by atoms with Crippen molar-refractivity contribution in [3.8, 4) is 0 Å². The first-order chi connectivity index (χ1) is 12.7. The van der Waals surface area contributed by atoms with Gasteiger partial charge < -0.3 is 4.74 Å². The third kappa shape index (κ3) is 3.78. The smallest absolute Gasteiger partial charge is 0.210 e. The van der Waals surface area contributed by atoms with E-state index in [1.165, 1.54) is 0 Å². The number of thiol groups is 1. The predicted molar refractivity (Wildman–Crippen MR) is 98.4 cm³/mol. The Bertz CT molecular complexity index is 981. The Labute approximate surface area is 157 Å². The molecule has 0 N–H and O–H groups in total. The van der Waals surface area contributed by atoms with E-state index < -0.39 is 27.9 Å². The number of carbonyl (C=O) groups is 1. The lowest BCUT2D eigenvalue weighted by molar-refractivity contribution is -0.126. The summed E-state index contributed by atoms with van der Waals surface area (Å²) >= 11 is 0. The van der Waals surface area contributed by atoms with E-state index in [9.17, 15) is 22.0 Å². The van der Waals surface area contributed by atoms with E-state index in [1.807, 2.05) is 0 Å². The van der Waals surface area contributed by atoms with Gasteiger partial charge in [-0.05, 0) is 36.6 Å². The zero-order valence-corrected chi connectivity index (χ0v) is 15.7. The highest BCUT2D eigenvalue weighted by Gasteiger charge is 2.45. The third-order valence-corrected chi connectivity index (χ3v) is 5.24. The van der Waals surface area contributed by atoms with Crippen molar-refractivity contribution in [3.05, 3.63) is 70.8 Å². The van der Waals surface area contributed by atoms with Gasteiger partial charge in [0.1, 0.15) is 28.1 Å². The normalized spacial score (nSPS) is 19.7. The average molecular weight is 392 g/mol. The SMILES string of the molecule is CCC1(C)OC(c2ccc(C[SH](=O)=O)cc2)=C(c2cc(F)cc(F)c2)C1=O. The molecule has 1 heterocycles. The summed E-state index contributed by atoms with van der Waals surface area (Å²) in [5.41, 5.74) is 0.211. The number of hydrogen-bond acceptors (Lipinski definition) is 4. The number of rotatable bonds is 5. The number of Topliss-reactive ketones (excluding diaryl/α,β-unsaturated/α-hetero) is 1. The summed E-state index contributed by atoms with van der Waals surface area (Å²) < 4.78 is 55.1. The van der Waals surface area contributed by atoms with Crippen molar-refractivity contribution in [2.24, 2.45) is 0 Å². The van der Waals surface area contributed by atoms with E-state index in [4.69, 9.17) is 4.74 Å². The van der Waals surface area contributed by atoms with Gasteiger partial charge in [-0.1, -0.05) is 31.2 Å². The summed E-state index contributed by atoms with van der Waals surface area (Å²) in [5, 5.41) is 0. The van der Waals surface area contributed by atoms with Crippen LogP contribution in [-0.4, -0.2) is 19.8 Å². The second-order valence-electron chi connectivity index (χ2n) is 6.57. The number of benzene rings is 2. The van der Waals surface area contributed by atoms with Gasteiger partial charge in [0.2, 0.25) is 5.78 Å². The van der Waals surface area contributed by atoms with Gasteiger partial charge in [0.15, 0.2) is 5.60 Å². The second kappa shape index (κ2) is 7.23. The van der Waals surface area contributed by atoms with Crippen LogP contribution in [0.5, 0.6) is 0 Å². The first kappa shape index (κ1) is 19.2. The summed E-state index contributed by atoms with van der Waals surface area (Å²) in [6.07, 6.45) is 0.380. The van der Waals surface area contributed by atoms with Crippen LogP contribution in [0.2, 0.25) is 0 Å². The van der Waals surface area contributed by atoms with Crippen molar-refractivity contribution in [1.29, 1.82) is 0 Å². The van der Waals surface area contributed by atoms with Crippen LogP contribution in [0.1, 0.15) is 37.0 Å². The molecule has 7 heteroatoms. The molecule has 0 saturated carbocycles. The predicted octanol–water partition coefficient (Wildman–Crippen LogP) is 3.71. The minimum absolute atomic E-state index is 0.0942. The highest BCUT2D eigenvalue weighted by molar-refractivity contribution is 7.71. The minimum atomic E-state index is -2.55. The monoisotopic (exact) mass is 392 g/mol. The quantitative estimate of drug-likeness (QED) is 0.788. The molecule has 4 nitrogen and oxygen atoms in total. The minimum Gasteiger partial charge on any atom is -0.478 e. The van der Waals surface area contributed by atoms with Crippen molar-refractivity contribution in [1.82, 2.24) is 0 Å². The number of halogens is 2. The summed E-state index contributed by atoms with van der Waals surface area (Å²) in [7, 11) is -2.55. The molecule has 1 aliphatic heterocycles. The van der Waals surface area contributed by atoms with Gasteiger partial charge in [0.05, 0.1) is 11.3 Å². The Balaban J connectivity index is 2.14. The van der Waals surface area contributed by atoms with Crippen LogP contribution in [-0.2, 0) is 26.0 Å². The van der Waals surface area contributed by atoms with Gasteiger partial charge in [0, 0.05) is 11.6 Å². The van der Waals surface area contributed by atoms with Gasteiger partial charge in [-0.3, -0.25) is 4.79 Å². The Kier molecular flexibility index (Phi) is 5.15. The molecule has 1 atom stereocenters. The molecule has 0 spiro atoms. The average Bonchev–Trinajstić information content (AvgIpc) is 2.86. The van der Waals surface area contributed by atoms with Crippen LogP contribution < -0.4 is 0 Å². The molecule has 0 saturated heterocycles. The Hall–Kier alpha value is -2.54. The lowest BCUT2D eigenvalue weighted by Crippen LogP contribution is -2.32. The second-order valence-corrected chi connectivity index (χ2v) is 7.55. The Morgan fingerprint density at radius 1 is 1.00 bits per heavy atom. The molecule has 142 valence electrons. The van der Waals surface area contributed by atoms with Crippen molar-refractivity contribution in [2.45, 2.75) is 31.6 Å². The highest BCUT2D eigenvalue weighted by Crippen LogP contribution is 2.43. The maximum absolute atomic E-state index is 13.7. The number of hydrogen-bond donors (Lipinski definition) is 1. The van der Waals surface area contributed by atoms with E-state index in [2.05, 4.69) is 0 Å². The first-order valence-electron chi connectivity index (χ1n) is 8.39. The molecule has 2 aromatic carbocycles. The molecular formula is C20H18F2O4S. The maximum Gasteiger partial charge on any atom is 0.210 e. The van der Waals surface area contributed by atoms with Crippen LogP contribution in [0, 0.1) is 11.6 Å². The number of carbonyl (C=O) groups excluding carboxylic acids is 1. The van der Waals surface area contributed by atoms with E-state index in [1.54, 1.807) is 38.1 Å². The zero-order valence-electron chi connectivity index (χ0n) is 14.8. The van der Waals surface area contributed by atoms with Gasteiger partial charge in [0.25, 0.3) is 0 Å². The largest absolute Gasteiger partial charge is 0.478 e. The van der Waals surface area contributed by atoms with Crippen molar-refractivity contribution in [2.75, 3.05) is 0 Å². The lowest BCUT2D eigenvalue weighted by Gasteiger charge is -2.21. The zero-order chi connectivity index (χ0) is 19.8. The van der Waals surface area contributed by atoms with Crippen LogP contribution in [0.3, 0.4) is 0 Å². The molecule has 1 unspecified atom stereocenters. The third-order valence-electron chi connectivity index (χ3n) is 4.62. The van der Waals surface area contributed by atoms with Crippen LogP contribution in [0.25, 0.3) is 11.3 Å². The summed E-state index contributed by atoms with van der Waals surface area (Å²) in [6, 6.07) is 9.43. The number of ketones is 1. The van der Waals surface area contributed by atoms with Crippen molar-refractivity contribution < 1.29 is 26.7 Å². The van der Waals surface area contributed by atoms with E-state index in [0.29, 0.717) is 17.5 Å². The lowest BCUT2D eigenvalue weighted by atomic mass is 9.90. The van der Waals surface area contributed by atoms with Crippen molar-refractivity contribution >= 4 is 27.8 Å². The van der Waals surface area contributed by atoms with Gasteiger partial charge in [-0.2, -0.15) is 0 Å². The fourth-order valence-electron chi connectivity index (χ4n) is 3.00. The summed E-state index contributed by atoms with van der Waals surface area (Å²) in [6.45, 7) is 3.42. The molecule has 0 fully saturated rings. The summed E-state index contributed by atoms with van der Waals surface area (Å²) in [4.78, 5) is 13.0. The molecular weight excluding hydrogens is 374 g/mol. The molecule has 0 amide bonds. The fourth-order valence-corrected chi connectivity index (χ4v) is 3.51. The van der Waals surface area contributed by atoms with E-state index >= 15 is 0 Å². The molecule has 2 aromatic rings. The van der Waals surface area contributed by atoms with E-state index in [-0.39, 0.29) is 28.4 Å². The molecule has 0 radical (unpaired) electrons. The highest BCUT2D eigenvalue weighted by atomic mass is 32.2. The van der Waals surface area contributed by atoms with Gasteiger partial charge in [-0.25, -0.2) is 17.2 Å². The van der Waals surface area contributed by atoms with Crippen LogP contribution in [0.4, 0.5) is 8.78 Å². The van der Waals surface area contributed by atoms with E-state index in [0.717, 1.165) is 18.2 Å². The summed E-state index contributed by atoms with van der Waals surface area (Å²) in [5.74, 6) is -1.79. The Morgan fingerprint density at radius 2 is 1.59 bits per heavy atom. The van der Waals surface area contributed by atoms with Crippen LogP contribution in [0.15, 0.2) is 42.5 Å². The molecule has 27 heavy (non-hydrogen) atoms. The van der Waals surface area contributed by atoms with Crippen molar-refractivity contribution in [3.63, 3.8) is 0 Å². The fraction of sp³-hybridized carbons (Fsp3) is 0.250. The first-order valence-corrected chi connectivity index (χ1v) is 9.75. The topological polar surface area (TPSA) is 60.4 Å². The maximum atomic E-state index is 13.7. The molecule has 1 aliphatic rings. The molecule has 0 bridgehead atoms. The van der Waals surface area contributed by atoms with Gasteiger partial charge >= 0.3 is 0 Å². The molecule has 3 rings (SSSR count). The standard InChI is InChI=1S/C20H18F2O4S/c1-3-20(2)19(23)17(14-8-15(21)10-16(22)9-14)18(26-20)13-6-4-12(5-7-13)11-27(24)25/h4-10,27H,3,11H2,1-2H3. The number of ether oxygens (including phenoxy) is 1. The molecule has 0 aromatic heterocycles. The van der Waals surface area contributed by atoms with Gasteiger partial charge in [-0.15, -0.1) is 0 Å². The van der Waals surface area contributed by atoms with Crippen LogP contribution >= 0.6 is 0 Å². The Morgan fingerprint density at radius 3 is 2.11 bits per heavy atom. The molecule has 0 aliphatic carbocycles.